The fourth-order valence-corrected chi connectivity index (χ4v) is 4.56. The molecule has 0 aliphatic carbocycles. The maximum atomic E-state index is 11.1. The number of benzene rings is 2. The Kier molecular flexibility index (Phi) is 3.65. The number of hydrogen-bond acceptors (Lipinski definition) is 4. The van der Waals surface area contributed by atoms with Gasteiger partial charge in [0.2, 0.25) is 0 Å². The minimum Gasteiger partial charge on any atom is -0.478 e. The molecule has 1 aliphatic heterocycles. The number of thiazole rings is 1. The van der Waals surface area contributed by atoms with Gasteiger partial charge >= 0.3 is 5.97 Å². The van der Waals surface area contributed by atoms with Crippen LogP contribution in [0.25, 0.3) is 22.4 Å². The third-order valence-corrected chi connectivity index (χ3v) is 5.84. The Morgan fingerprint density at radius 3 is 2.78 bits per heavy atom. The zero-order valence-corrected chi connectivity index (χ0v) is 15.1. The Balaban J connectivity index is 1.61. The van der Waals surface area contributed by atoms with Crippen LogP contribution in [0.4, 0.5) is 0 Å². The van der Waals surface area contributed by atoms with Gasteiger partial charge in [-0.15, -0.1) is 11.3 Å². The summed E-state index contributed by atoms with van der Waals surface area (Å²) in [5.74, 6) is -0.911. The van der Waals surface area contributed by atoms with E-state index in [0.29, 0.717) is 6.54 Å². The van der Waals surface area contributed by atoms with Crippen LogP contribution in [0.15, 0.2) is 66.3 Å². The molecule has 6 heteroatoms. The highest BCUT2D eigenvalue weighted by Gasteiger charge is 2.30. The van der Waals surface area contributed by atoms with Gasteiger partial charge in [0.15, 0.2) is 0 Å². The minimum absolute atomic E-state index is 0.0534. The summed E-state index contributed by atoms with van der Waals surface area (Å²) in [6.07, 6.45) is 2.96. The molecule has 27 heavy (non-hydrogen) atoms. The average Bonchev–Trinajstić information content (AvgIpc) is 3.33. The maximum absolute atomic E-state index is 11.1. The summed E-state index contributed by atoms with van der Waals surface area (Å²) in [5, 5.41) is 16.5. The molecule has 0 amide bonds. The zero-order chi connectivity index (χ0) is 18.4. The van der Waals surface area contributed by atoms with Crippen molar-refractivity contribution >= 4 is 17.3 Å². The Hall–Kier alpha value is -3.25. The topological polar surface area (TPSA) is 68.0 Å². The molecule has 2 aromatic carbocycles. The van der Waals surface area contributed by atoms with Gasteiger partial charge in [-0.25, -0.2) is 9.78 Å². The lowest BCUT2D eigenvalue weighted by molar-refractivity contribution is 0.0696. The Bertz CT molecular complexity index is 1150. The van der Waals surface area contributed by atoms with Crippen LogP contribution in [0.2, 0.25) is 0 Å². The molecule has 5 nitrogen and oxygen atoms in total. The van der Waals surface area contributed by atoms with Gasteiger partial charge in [-0.2, -0.15) is 5.10 Å². The van der Waals surface area contributed by atoms with E-state index in [1.807, 2.05) is 18.2 Å². The maximum Gasteiger partial charge on any atom is 0.338 e. The Morgan fingerprint density at radius 1 is 1.15 bits per heavy atom. The quantitative estimate of drug-likeness (QED) is 0.571. The number of carbonyl (C=O) groups is 1. The molecule has 132 valence electrons. The van der Waals surface area contributed by atoms with E-state index in [2.05, 4.69) is 40.8 Å². The molecule has 2 bridgehead atoms. The highest BCUT2D eigenvalue weighted by atomic mass is 32.1. The van der Waals surface area contributed by atoms with E-state index < -0.39 is 5.97 Å². The molecular weight excluding hydrogens is 358 g/mol. The first kappa shape index (κ1) is 16.0. The molecule has 0 spiro atoms. The molecule has 0 saturated carbocycles. The van der Waals surface area contributed by atoms with E-state index >= 15 is 0 Å². The molecule has 0 saturated heterocycles. The summed E-state index contributed by atoms with van der Waals surface area (Å²) in [6, 6.07) is 16.7. The normalized spacial score (nSPS) is 14.7. The van der Waals surface area contributed by atoms with Crippen LogP contribution in [0.3, 0.4) is 0 Å². The van der Waals surface area contributed by atoms with Crippen LogP contribution in [0.5, 0.6) is 0 Å². The number of hydrogen-bond donors (Lipinski definition) is 1. The summed E-state index contributed by atoms with van der Waals surface area (Å²) in [5.41, 5.74) is 5.91. The van der Waals surface area contributed by atoms with Crippen molar-refractivity contribution in [3.05, 3.63) is 82.4 Å². The molecule has 4 aromatic rings. The summed E-state index contributed by atoms with van der Waals surface area (Å²) < 4.78 is 1.69. The van der Waals surface area contributed by atoms with Crippen molar-refractivity contribution in [3.63, 3.8) is 0 Å². The van der Waals surface area contributed by atoms with Crippen LogP contribution >= 0.6 is 11.3 Å². The standard InChI is InChI=1S/C21H15N3O2S/c25-21(26)14-9-22-24(10-14)11-17-16-8-4-7-15(13-5-2-1-3-6-13)19(16)18-12-27-20(17)23-18/h1-10,12,17H,11H2,(H,25,26). The number of nitrogens with zero attached hydrogens (tertiary/aromatic N) is 3. The molecular formula is C21H15N3O2S. The van der Waals surface area contributed by atoms with Crippen molar-refractivity contribution in [2.45, 2.75) is 12.5 Å². The van der Waals surface area contributed by atoms with Gasteiger partial charge in [0, 0.05) is 17.1 Å². The predicted octanol–water partition coefficient (Wildman–Crippen LogP) is 4.52. The average molecular weight is 373 g/mol. The van der Waals surface area contributed by atoms with Crippen molar-refractivity contribution in [2.24, 2.45) is 0 Å². The first-order chi connectivity index (χ1) is 13.2. The smallest absolute Gasteiger partial charge is 0.338 e. The fraction of sp³-hybridized carbons (Fsp3) is 0.0952. The highest BCUT2D eigenvalue weighted by Crippen LogP contribution is 2.45. The number of carboxylic acids is 1. The van der Waals surface area contributed by atoms with E-state index in [-0.39, 0.29) is 11.5 Å². The second-order valence-corrected chi connectivity index (χ2v) is 7.41. The molecule has 1 atom stereocenters. The fourth-order valence-electron chi connectivity index (χ4n) is 3.64. The van der Waals surface area contributed by atoms with Crippen LogP contribution in [0, 0.1) is 0 Å². The van der Waals surface area contributed by atoms with Crippen molar-refractivity contribution in [2.75, 3.05) is 0 Å². The van der Waals surface area contributed by atoms with E-state index in [0.717, 1.165) is 21.8 Å². The molecule has 5 rings (SSSR count). The number of aromatic carboxylic acids is 1. The number of fused-ring (bicyclic) bond motifs is 4. The van der Waals surface area contributed by atoms with E-state index in [9.17, 15) is 4.79 Å². The zero-order valence-electron chi connectivity index (χ0n) is 14.2. The number of carboxylic acid groups (broad SMARTS) is 1. The molecule has 0 radical (unpaired) electrons. The van der Waals surface area contributed by atoms with Crippen molar-refractivity contribution in [1.82, 2.24) is 14.8 Å². The van der Waals surface area contributed by atoms with Crippen molar-refractivity contribution < 1.29 is 9.90 Å². The van der Waals surface area contributed by atoms with Crippen molar-refractivity contribution in [1.29, 1.82) is 0 Å². The van der Waals surface area contributed by atoms with Gasteiger partial charge in [0.25, 0.3) is 0 Å². The van der Waals surface area contributed by atoms with Crippen molar-refractivity contribution in [3.8, 4) is 22.4 Å². The van der Waals surface area contributed by atoms with Gasteiger partial charge in [0.05, 0.1) is 29.9 Å². The molecule has 1 aliphatic rings. The van der Waals surface area contributed by atoms with Gasteiger partial charge in [0.1, 0.15) is 5.01 Å². The number of rotatable bonds is 4. The summed E-state index contributed by atoms with van der Waals surface area (Å²) in [7, 11) is 0. The van der Waals surface area contributed by atoms with Crippen LogP contribution in [-0.4, -0.2) is 25.8 Å². The lowest BCUT2D eigenvalue weighted by Gasteiger charge is -2.23. The lowest BCUT2D eigenvalue weighted by atomic mass is 9.86. The molecule has 0 fully saturated rings. The van der Waals surface area contributed by atoms with Gasteiger partial charge in [-0.1, -0.05) is 48.5 Å². The predicted molar refractivity (Wildman–Crippen MR) is 104 cm³/mol. The molecule has 1 N–H and O–H groups in total. The lowest BCUT2D eigenvalue weighted by Crippen LogP contribution is -2.15. The summed E-state index contributed by atoms with van der Waals surface area (Å²) in [4.78, 5) is 16.0. The first-order valence-electron chi connectivity index (χ1n) is 8.60. The third-order valence-electron chi connectivity index (χ3n) is 4.88. The third kappa shape index (κ3) is 2.65. The van der Waals surface area contributed by atoms with Crippen LogP contribution in [0.1, 0.15) is 26.8 Å². The number of aromatic nitrogens is 3. The molecule has 2 aromatic heterocycles. The second kappa shape index (κ2) is 6.17. The summed E-state index contributed by atoms with van der Waals surface area (Å²) in [6.45, 7) is 0.561. The Morgan fingerprint density at radius 2 is 2.00 bits per heavy atom. The van der Waals surface area contributed by atoms with Crippen LogP contribution < -0.4 is 0 Å². The largest absolute Gasteiger partial charge is 0.478 e. The first-order valence-corrected chi connectivity index (χ1v) is 9.48. The van der Waals surface area contributed by atoms with E-state index in [4.69, 9.17) is 10.1 Å². The second-order valence-electron chi connectivity index (χ2n) is 6.52. The van der Waals surface area contributed by atoms with Gasteiger partial charge in [-0.05, 0) is 16.7 Å². The Labute approximate surface area is 159 Å². The van der Waals surface area contributed by atoms with Crippen LogP contribution in [-0.2, 0) is 6.54 Å². The highest BCUT2D eigenvalue weighted by molar-refractivity contribution is 7.10. The van der Waals surface area contributed by atoms with Gasteiger partial charge in [-0.3, -0.25) is 4.68 Å². The van der Waals surface area contributed by atoms with Gasteiger partial charge < -0.3 is 5.11 Å². The summed E-state index contributed by atoms with van der Waals surface area (Å²) >= 11 is 1.64. The van der Waals surface area contributed by atoms with E-state index in [1.165, 1.54) is 17.3 Å². The molecule has 3 heterocycles. The van der Waals surface area contributed by atoms with E-state index in [1.54, 1.807) is 22.2 Å². The molecule has 1 unspecified atom stereocenters. The minimum atomic E-state index is -0.965. The monoisotopic (exact) mass is 373 g/mol. The SMILES string of the molecule is O=C(O)c1cnn(CC2c3nc(cs3)-c3c(-c4ccccc4)cccc32)c1.